The number of aryl methyl sites for hydroxylation is 1. The summed E-state index contributed by atoms with van der Waals surface area (Å²) in [6.07, 6.45) is 4.06. The number of nitrogens with one attached hydrogen (secondary N) is 1. The first-order valence-electron chi connectivity index (χ1n) is 9.82. The van der Waals surface area contributed by atoms with Crippen LogP contribution in [0.5, 0.6) is 5.75 Å². The van der Waals surface area contributed by atoms with Crippen LogP contribution >= 0.6 is 0 Å². The average molecular weight is 388 g/mol. The SMILES string of the molecule is COc1ccccc1-c1nnc(Nc2ccc(CCC(N)=O)cc2)c2c1CCC2. The minimum absolute atomic E-state index is 0.284. The third kappa shape index (κ3) is 4.06. The van der Waals surface area contributed by atoms with Gasteiger partial charge in [-0.15, -0.1) is 10.2 Å². The standard InChI is InChI=1S/C23H24N4O2/c1-29-20-8-3-2-5-19(20)22-17-6-4-7-18(17)23(27-26-22)25-16-12-9-15(10-13-16)11-14-21(24)28/h2-3,5,8-10,12-13H,4,6-7,11,14H2,1H3,(H2,24,28)(H,25,27). The molecular weight excluding hydrogens is 364 g/mol. The predicted molar refractivity (Wildman–Crippen MR) is 113 cm³/mol. The smallest absolute Gasteiger partial charge is 0.217 e. The van der Waals surface area contributed by atoms with E-state index in [1.165, 1.54) is 11.1 Å². The van der Waals surface area contributed by atoms with Crippen LogP contribution in [0.3, 0.4) is 0 Å². The molecule has 1 amide bonds. The molecule has 6 heteroatoms. The van der Waals surface area contributed by atoms with Crippen molar-refractivity contribution >= 4 is 17.4 Å². The zero-order valence-electron chi connectivity index (χ0n) is 16.4. The minimum Gasteiger partial charge on any atom is -0.496 e. The monoisotopic (exact) mass is 388 g/mol. The molecule has 0 fully saturated rings. The number of hydrogen-bond acceptors (Lipinski definition) is 5. The highest BCUT2D eigenvalue weighted by molar-refractivity contribution is 5.75. The Morgan fingerprint density at radius 3 is 2.59 bits per heavy atom. The highest BCUT2D eigenvalue weighted by atomic mass is 16.5. The maximum absolute atomic E-state index is 10.9. The van der Waals surface area contributed by atoms with Crippen molar-refractivity contribution in [3.8, 4) is 17.0 Å². The minimum atomic E-state index is -0.284. The largest absolute Gasteiger partial charge is 0.496 e. The molecule has 0 saturated carbocycles. The number of rotatable bonds is 7. The van der Waals surface area contributed by atoms with Crippen LogP contribution in [0.25, 0.3) is 11.3 Å². The fourth-order valence-corrected chi connectivity index (χ4v) is 3.80. The molecule has 3 aromatic rings. The van der Waals surface area contributed by atoms with Gasteiger partial charge in [-0.3, -0.25) is 4.79 Å². The summed E-state index contributed by atoms with van der Waals surface area (Å²) in [5.41, 5.74) is 11.6. The normalized spacial score (nSPS) is 12.4. The third-order valence-electron chi connectivity index (χ3n) is 5.28. The van der Waals surface area contributed by atoms with E-state index in [2.05, 4.69) is 15.5 Å². The van der Waals surface area contributed by atoms with Crippen molar-refractivity contribution in [3.63, 3.8) is 0 Å². The number of carbonyl (C=O) groups is 1. The van der Waals surface area contributed by atoms with E-state index in [4.69, 9.17) is 10.5 Å². The van der Waals surface area contributed by atoms with Gasteiger partial charge in [0.2, 0.25) is 5.91 Å². The number of aromatic nitrogens is 2. The molecule has 0 atom stereocenters. The van der Waals surface area contributed by atoms with E-state index >= 15 is 0 Å². The van der Waals surface area contributed by atoms with E-state index in [0.29, 0.717) is 12.8 Å². The number of benzene rings is 2. The Morgan fingerprint density at radius 1 is 1.07 bits per heavy atom. The van der Waals surface area contributed by atoms with Crippen LogP contribution in [0.15, 0.2) is 48.5 Å². The number of carbonyl (C=O) groups excluding carboxylic acids is 1. The molecule has 1 aliphatic rings. The van der Waals surface area contributed by atoms with Gasteiger partial charge in [0.25, 0.3) is 0 Å². The van der Waals surface area contributed by atoms with Gasteiger partial charge in [-0.25, -0.2) is 0 Å². The maximum atomic E-state index is 10.9. The molecule has 1 heterocycles. The molecule has 0 unspecified atom stereocenters. The Kier molecular flexibility index (Phi) is 5.42. The van der Waals surface area contributed by atoms with Crippen LogP contribution in [0, 0.1) is 0 Å². The van der Waals surface area contributed by atoms with Crippen molar-refractivity contribution in [2.45, 2.75) is 32.1 Å². The van der Waals surface area contributed by atoms with Crippen molar-refractivity contribution in [3.05, 3.63) is 65.2 Å². The molecule has 0 bridgehead atoms. The zero-order valence-corrected chi connectivity index (χ0v) is 16.4. The van der Waals surface area contributed by atoms with E-state index in [1.54, 1.807) is 7.11 Å². The second-order valence-electron chi connectivity index (χ2n) is 7.20. The number of amides is 1. The predicted octanol–water partition coefficient (Wildman–Crippen LogP) is 3.80. The number of methoxy groups -OCH3 is 1. The zero-order chi connectivity index (χ0) is 20.2. The van der Waals surface area contributed by atoms with Crippen LogP contribution in [-0.2, 0) is 24.1 Å². The number of nitrogens with zero attached hydrogens (tertiary/aromatic N) is 2. The van der Waals surface area contributed by atoms with E-state index in [-0.39, 0.29) is 5.91 Å². The summed E-state index contributed by atoms with van der Waals surface area (Å²) in [5.74, 6) is 1.33. The lowest BCUT2D eigenvalue weighted by Crippen LogP contribution is -2.11. The van der Waals surface area contributed by atoms with Gasteiger partial charge in [0.15, 0.2) is 5.82 Å². The molecule has 0 saturated heterocycles. The number of ether oxygens (including phenoxy) is 1. The van der Waals surface area contributed by atoms with E-state index in [9.17, 15) is 4.79 Å². The van der Waals surface area contributed by atoms with Crippen molar-refractivity contribution in [2.75, 3.05) is 12.4 Å². The van der Waals surface area contributed by atoms with Gasteiger partial charge in [-0.05, 0) is 61.1 Å². The van der Waals surface area contributed by atoms with Gasteiger partial charge in [-0.2, -0.15) is 0 Å². The van der Waals surface area contributed by atoms with E-state index in [0.717, 1.165) is 53.3 Å². The first-order valence-corrected chi connectivity index (χ1v) is 9.82. The second-order valence-corrected chi connectivity index (χ2v) is 7.20. The molecule has 4 rings (SSSR count). The number of para-hydroxylation sites is 1. The van der Waals surface area contributed by atoms with Crippen molar-refractivity contribution in [2.24, 2.45) is 5.73 Å². The van der Waals surface area contributed by atoms with Gasteiger partial charge in [0.05, 0.1) is 7.11 Å². The van der Waals surface area contributed by atoms with E-state index < -0.39 is 0 Å². The molecule has 6 nitrogen and oxygen atoms in total. The molecular formula is C23H24N4O2. The van der Waals surface area contributed by atoms with Crippen molar-refractivity contribution in [1.82, 2.24) is 10.2 Å². The lowest BCUT2D eigenvalue weighted by Gasteiger charge is -2.14. The highest BCUT2D eigenvalue weighted by Crippen LogP contribution is 2.38. The molecule has 2 aromatic carbocycles. The van der Waals surface area contributed by atoms with Gasteiger partial charge in [0.1, 0.15) is 11.4 Å². The number of hydrogen-bond donors (Lipinski definition) is 2. The van der Waals surface area contributed by atoms with Crippen LogP contribution in [0.4, 0.5) is 11.5 Å². The van der Waals surface area contributed by atoms with Crippen LogP contribution in [0.1, 0.15) is 29.5 Å². The molecule has 0 aliphatic heterocycles. The molecule has 3 N–H and O–H groups in total. The summed E-state index contributed by atoms with van der Waals surface area (Å²) in [4.78, 5) is 10.9. The lowest BCUT2D eigenvalue weighted by atomic mass is 10.0. The van der Waals surface area contributed by atoms with Crippen LogP contribution < -0.4 is 15.8 Å². The van der Waals surface area contributed by atoms with Crippen molar-refractivity contribution in [1.29, 1.82) is 0 Å². The second kappa shape index (κ2) is 8.31. The molecule has 0 spiro atoms. The highest BCUT2D eigenvalue weighted by Gasteiger charge is 2.23. The Bertz CT molecular complexity index is 1030. The third-order valence-corrected chi connectivity index (χ3v) is 5.28. The van der Waals surface area contributed by atoms with Gasteiger partial charge in [-0.1, -0.05) is 24.3 Å². The molecule has 148 valence electrons. The van der Waals surface area contributed by atoms with E-state index in [1.807, 2.05) is 48.5 Å². The lowest BCUT2D eigenvalue weighted by molar-refractivity contribution is -0.117. The summed E-state index contributed by atoms with van der Waals surface area (Å²) < 4.78 is 5.52. The molecule has 1 aromatic heterocycles. The summed E-state index contributed by atoms with van der Waals surface area (Å²) in [7, 11) is 1.68. The Labute approximate surface area is 170 Å². The quantitative estimate of drug-likeness (QED) is 0.642. The summed E-state index contributed by atoms with van der Waals surface area (Å²) in [6, 6.07) is 15.9. The molecule has 29 heavy (non-hydrogen) atoms. The van der Waals surface area contributed by atoms with Crippen LogP contribution in [-0.4, -0.2) is 23.2 Å². The summed E-state index contributed by atoms with van der Waals surface area (Å²) in [6.45, 7) is 0. The number of fused-ring (bicyclic) bond motifs is 1. The topological polar surface area (TPSA) is 90.1 Å². The Hall–Kier alpha value is -3.41. The molecule has 1 aliphatic carbocycles. The average Bonchev–Trinajstić information content (AvgIpc) is 3.24. The molecule has 0 radical (unpaired) electrons. The first-order chi connectivity index (χ1) is 14.2. The van der Waals surface area contributed by atoms with Gasteiger partial charge in [0, 0.05) is 23.2 Å². The Morgan fingerprint density at radius 2 is 1.83 bits per heavy atom. The van der Waals surface area contributed by atoms with Crippen LogP contribution in [0.2, 0.25) is 0 Å². The summed E-state index contributed by atoms with van der Waals surface area (Å²) in [5, 5.41) is 12.5. The first kappa shape index (κ1) is 18.9. The fraction of sp³-hybridized carbons (Fsp3) is 0.261. The number of primary amides is 1. The maximum Gasteiger partial charge on any atom is 0.217 e. The summed E-state index contributed by atoms with van der Waals surface area (Å²) >= 11 is 0. The number of anilines is 2. The van der Waals surface area contributed by atoms with Gasteiger partial charge >= 0.3 is 0 Å². The fourth-order valence-electron chi connectivity index (χ4n) is 3.80. The van der Waals surface area contributed by atoms with Gasteiger partial charge < -0.3 is 15.8 Å². The number of nitrogens with two attached hydrogens (primary N) is 1. The Balaban J connectivity index is 1.60. The van der Waals surface area contributed by atoms with Crippen molar-refractivity contribution < 1.29 is 9.53 Å².